The van der Waals surface area contributed by atoms with Crippen molar-refractivity contribution in [2.24, 2.45) is 0 Å². The Morgan fingerprint density at radius 1 is 0.303 bits per heavy atom. The highest BCUT2D eigenvalue weighted by atomic mass is 19.4. The molecule has 10 aromatic carbocycles. The standard InChI is InChI=1S/C66H34F3N7/c67-66(68,69)59-16-2-1-15-53(59)54-34-65(76-62-23-19-50(46-13-5-9-42(27-46)37-72)31-57(62)58-32-51(20-24-63(58)76)47-14-6-10-43(28-47)38-73)64(33-52(54)39-74)75-60-21-17-48(44-11-3-7-40(25-44)35-70)29-55(60)56-30-49(18-22-61(56)75)45-12-4-8-41(26-45)36-71/h1-34H. The second kappa shape index (κ2) is 18.3. The van der Waals surface area contributed by atoms with Crippen molar-refractivity contribution >= 4 is 43.6 Å². The van der Waals surface area contributed by atoms with Crippen molar-refractivity contribution in [1.82, 2.24) is 9.13 Å². The molecule has 0 saturated carbocycles. The van der Waals surface area contributed by atoms with E-state index in [0.29, 0.717) is 44.7 Å². The summed E-state index contributed by atoms with van der Waals surface area (Å²) in [5.74, 6) is 0. The Hall–Kier alpha value is -11.0. The van der Waals surface area contributed by atoms with Gasteiger partial charge in [-0.3, -0.25) is 0 Å². The highest BCUT2D eigenvalue weighted by molar-refractivity contribution is 6.14. The number of halogens is 3. The first kappa shape index (κ1) is 46.1. The fourth-order valence-electron chi connectivity index (χ4n) is 10.6. The first-order chi connectivity index (χ1) is 37.0. The highest BCUT2D eigenvalue weighted by Crippen LogP contribution is 2.46. The van der Waals surface area contributed by atoms with E-state index >= 15 is 13.2 Å². The molecule has 12 aromatic rings. The summed E-state index contributed by atoms with van der Waals surface area (Å²) in [4.78, 5) is 0. The summed E-state index contributed by atoms with van der Waals surface area (Å²) in [7, 11) is 0. The normalized spacial score (nSPS) is 11.3. The number of nitriles is 5. The minimum atomic E-state index is -4.75. The zero-order valence-corrected chi connectivity index (χ0v) is 39.9. The smallest absolute Gasteiger partial charge is 0.307 e. The maximum atomic E-state index is 15.1. The van der Waals surface area contributed by atoms with Crippen LogP contribution in [0.4, 0.5) is 13.2 Å². The van der Waals surface area contributed by atoms with Crippen molar-refractivity contribution < 1.29 is 13.2 Å². The number of nitrogens with zero attached hydrogens (tertiary/aromatic N) is 7. The van der Waals surface area contributed by atoms with Gasteiger partial charge >= 0.3 is 6.18 Å². The van der Waals surface area contributed by atoms with Crippen LogP contribution in [0, 0.1) is 56.7 Å². The molecule has 7 nitrogen and oxygen atoms in total. The lowest BCUT2D eigenvalue weighted by molar-refractivity contribution is -0.137. The molecule has 354 valence electrons. The average Bonchev–Trinajstić information content (AvgIpc) is 4.19. The van der Waals surface area contributed by atoms with Gasteiger partial charge in [-0.2, -0.15) is 39.5 Å². The number of fused-ring (bicyclic) bond motifs is 6. The molecule has 0 N–H and O–H groups in total. The van der Waals surface area contributed by atoms with E-state index in [4.69, 9.17) is 0 Å². The summed E-state index contributed by atoms with van der Waals surface area (Å²) in [6, 6.07) is 73.2. The molecule has 0 radical (unpaired) electrons. The minimum absolute atomic E-state index is 0.0143. The maximum absolute atomic E-state index is 15.1. The molecule has 0 bridgehead atoms. The van der Waals surface area contributed by atoms with E-state index in [0.717, 1.165) is 83.2 Å². The first-order valence-corrected chi connectivity index (χ1v) is 24.0. The van der Waals surface area contributed by atoms with Crippen LogP contribution in [0.2, 0.25) is 0 Å². The predicted octanol–water partition coefficient (Wildman–Crippen LogP) is 16.6. The summed E-state index contributed by atoms with van der Waals surface area (Å²) in [5, 5.41) is 53.8. The van der Waals surface area contributed by atoms with Gasteiger partial charge in [0.2, 0.25) is 0 Å². The maximum Gasteiger partial charge on any atom is 0.417 e. The van der Waals surface area contributed by atoms with E-state index < -0.39 is 11.7 Å². The van der Waals surface area contributed by atoms with E-state index in [1.807, 2.05) is 130 Å². The topological polar surface area (TPSA) is 129 Å². The summed E-state index contributed by atoms with van der Waals surface area (Å²) in [6.07, 6.45) is -4.75. The molecule has 2 heterocycles. The molecule has 0 aliphatic rings. The molecule has 10 heteroatoms. The Morgan fingerprint density at radius 2 is 0.632 bits per heavy atom. The third-order valence-electron chi connectivity index (χ3n) is 14.1. The number of hydrogen-bond donors (Lipinski definition) is 0. The van der Waals surface area contributed by atoms with Gasteiger partial charge < -0.3 is 9.13 Å². The van der Waals surface area contributed by atoms with Gasteiger partial charge in [0.1, 0.15) is 0 Å². The van der Waals surface area contributed by atoms with E-state index in [1.54, 1.807) is 36.4 Å². The quantitative estimate of drug-likeness (QED) is 0.157. The second-order valence-corrected chi connectivity index (χ2v) is 18.4. The molecular weight excluding hydrogens is 948 g/mol. The van der Waals surface area contributed by atoms with Gasteiger partial charge in [-0.05, 0) is 165 Å². The molecule has 0 saturated heterocycles. The Balaban J connectivity index is 1.22. The summed E-state index contributed by atoms with van der Waals surface area (Å²) < 4.78 is 49.4. The van der Waals surface area contributed by atoms with Crippen molar-refractivity contribution in [2.75, 3.05) is 0 Å². The summed E-state index contributed by atoms with van der Waals surface area (Å²) >= 11 is 0. The molecule has 0 aliphatic carbocycles. The number of alkyl halides is 3. The van der Waals surface area contributed by atoms with Gasteiger partial charge in [-0.25, -0.2) is 0 Å². The fourth-order valence-corrected chi connectivity index (χ4v) is 10.6. The van der Waals surface area contributed by atoms with Gasteiger partial charge in [-0.1, -0.05) is 91.0 Å². The molecular formula is C66H34F3N7. The van der Waals surface area contributed by atoms with Crippen LogP contribution in [0.1, 0.15) is 33.4 Å². The minimum Gasteiger partial charge on any atom is -0.307 e. The Kier molecular flexibility index (Phi) is 11.1. The van der Waals surface area contributed by atoms with Crippen molar-refractivity contribution in [1.29, 1.82) is 26.3 Å². The molecule has 2 aromatic heterocycles. The zero-order valence-electron chi connectivity index (χ0n) is 39.9. The first-order valence-electron chi connectivity index (χ1n) is 24.0. The van der Waals surface area contributed by atoms with Crippen LogP contribution in [0.3, 0.4) is 0 Å². The molecule has 0 atom stereocenters. The van der Waals surface area contributed by atoms with Crippen LogP contribution in [-0.4, -0.2) is 9.13 Å². The van der Waals surface area contributed by atoms with E-state index in [9.17, 15) is 26.3 Å². The largest absolute Gasteiger partial charge is 0.417 e. The van der Waals surface area contributed by atoms with Gasteiger partial charge in [0.05, 0.1) is 97.2 Å². The predicted molar refractivity (Wildman–Crippen MR) is 291 cm³/mol. The fraction of sp³-hybridized carbons (Fsp3) is 0.0152. The number of benzene rings is 10. The van der Waals surface area contributed by atoms with Crippen molar-refractivity contribution in [3.05, 3.63) is 240 Å². The SMILES string of the molecule is N#Cc1cccc(-c2ccc3c(c2)c2cc(-c4cccc(C#N)c4)ccc2n3-c2cc(C#N)c(-c3ccccc3C(F)(F)F)cc2-n2c3ccc(-c4cccc(C#N)c4)cc3c3cc(-c4cccc(C#N)c4)ccc32)c1. The van der Waals surface area contributed by atoms with Crippen LogP contribution in [0.15, 0.2) is 206 Å². The third kappa shape index (κ3) is 7.83. The Labute approximate surface area is 433 Å². The average molecular weight is 982 g/mol. The van der Waals surface area contributed by atoms with Gasteiger partial charge in [0.15, 0.2) is 0 Å². The summed E-state index contributed by atoms with van der Waals surface area (Å²) in [6.45, 7) is 0. The van der Waals surface area contributed by atoms with Crippen LogP contribution >= 0.6 is 0 Å². The molecule has 0 fully saturated rings. The number of rotatable bonds is 7. The van der Waals surface area contributed by atoms with Crippen LogP contribution in [-0.2, 0) is 6.18 Å². The molecule has 0 amide bonds. The van der Waals surface area contributed by atoms with Crippen molar-refractivity contribution in [3.8, 4) is 97.4 Å². The molecule has 0 spiro atoms. The lowest BCUT2D eigenvalue weighted by Gasteiger charge is -2.21. The van der Waals surface area contributed by atoms with Crippen LogP contribution in [0.25, 0.3) is 111 Å². The number of hydrogen-bond acceptors (Lipinski definition) is 5. The molecule has 12 rings (SSSR count). The van der Waals surface area contributed by atoms with E-state index in [-0.39, 0.29) is 16.7 Å². The molecule has 0 aliphatic heterocycles. The summed E-state index contributed by atoms with van der Waals surface area (Å²) in [5.41, 5.74) is 11.5. The lowest BCUT2D eigenvalue weighted by Crippen LogP contribution is -2.09. The van der Waals surface area contributed by atoms with Crippen LogP contribution < -0.4 is 0 Å². The highest BCUT2D eigenvalue weighted by Gasteiger charge is 2.34. The monoisotopic (exact) mass is 981 g/mol. The third-order valence-corrected chi connectivity index (χ3v) is 14.1. The molecule has 76 heavy (non-hydrogen) atoms. The number of aromatic nitrogens is 2. The Bertz CT molecular complexity index is 4420. The second-order valence-electron chi connectivity index (χ2n) is 18.4. The van der Waals surface area contributed by atoms with Crippen molar-refractivity contribution in [3.63, 3.8) is 0 Å². The van der Waals surface area contributed by atoms with E-state index in [1.165, 1.54) is 18.2 Å². The zero-order chi connectivity index (χ0) is 52.2. The Morgan fingerprint density at radius 3 is 0.961 bits per heavy atom. The van der Waals surface area contributed by atoms with Gasteiger partial charge in [0.25, 0.3) is 0 Å². The van der Waals surface area contributed by atoms with Gasteiger partial charge in [0, 0.05) is 27.1 Å². The van der Waals surface area contributed by atoms with Crippen molar-refractivity contribution in [2.45, 2.75) is 6.18 Å². The van der Waals surface area contributed by atoms with E-state index in [2.05, 4.69) is 54.6 Å². The lowest BCUT2D eigenvalue weighted by atomic mass is 9.94. The molecule has 0 unspecified atom stereocenters. The van der Waals surface area contributed by atoms with Crippen LogP contribution in [0.5, 0.6) is 0 Å². The van der Waals surface area contributed by atoms with Gasteiger partial charge in [-0.15, -0.1) is 0 Å².